The van der Waals surface area contributed by atoms with Gasteiger partial charge < -0.3 is 0 Å². The lowest BCUT2D eigenvalue weighted by Gasteiger charge is -2.34. The van der Waals surface area contributed by atoms with Gasteiger partial charge in [-0.25, -0.2) is 0 Å². The normalized spacial score (nSPS) is 24.2. The first-order valence-corrected chi connectivity index (χ1v) is 8.71. The summed E-state index contributed by atoms with van der Waals surface area (Å²) in [6.07, 6.45) is 8.10. The van der Waals surface area contributed by atoms with E-state index >= 15 is 0 Å². The van der Waals surface area contributed by atoms with Crippen LogP contribution in [0, 0.1) is 11.8 Å². The van der Waals surface area contributed by atoms with Crippen LogP contribution in [0.1, 0.15) is 82.4 Å². The van der Waals surface area contributed by atoms with E-state index in [4.69, 9.17) is 5.84 Å². The molecule has 1 aliphatic rings. The van der Waals surface area contributed by atoms with Gasteiger partial charge in [-0.3, -0.25) is 11.3 Å². The van der Waals surface area contributed by atoms with Crippen LogP contribution in [-0.2, 0) is 0 Å². The summed E-state index contributed by atoms with van der Waals surface area (Å²) in [7, 11) is 0. The van der Waals surface area contributed by atoms with Crippen LogP contribution in [0.25, 0.3) is 0 Å². The summed E-state index contributed by atoms with van der Waals surface area (Å²) < 4.78 is 0. The molecule has 0 amide bonds. The molecule has 0 bridgehead atoms. The fourth-order valence-electron chi connectivity index (χ4n) is 3.81. The summed E-state index contributed by atoms with van der Waals surface area (Å²) in [5.74, 6) is 8.11. The topological polar surface area (TPSA) is 38.0 Å². The Morgan fingerprint density at radius 2 is 1.62 bits per heavy atom. The zero-order chi connectivity index (χ0) is 15.2. The molecule has 2 heteroatoms. The van der Waals surface area contributed by atoms with Crippen LogP contribution in [0.15, 0.2) is 24.3 Å². The SMILES string of the molecule is CCCC1CCC(C(NN)c2ccc(C(C)C)cc2)CC1. The molecule has 1 atom stereocenters. The molecular formula is C19H32N2. The number of hydrazine groups is 1. The molecule has 1 aromatic carbocycles. The van der Waals surface area contributed by atoms with Gasteiger partial charge in [0, 0.05) is 6.04 Å². The first kappa shape index (κ1) is 16.5. The first-order chi connectivity index (χ1) is 10.2. The second kappa shape index (κ2) is 7.95. The molecule has 21 heavy (non-hydrogen) atoms. The van der Waals surface area contributed by atoms with Gasteiger partial charge in [0.25, 0.3) is 0 Å². The maximum absolute atomic E-state index is 5.88. The van der Waals surface area contributed by atoms with Crippen LogP contribution >= 0.6 is 0 Å². The van der Waals surface area contributed by atoms with Crippen molar-refractivity contribution in [1.82, 2.24) is 5.43 Å². The van der Waals surface area contributed by atoms with Gasteiger partial charge in [0.05, 0.1) is 0 Å². The Kier molecular flexibility index (Phi) is 6.25. The minimum atomic E-state index is 0.314. The minimum absolute atomic E-state index is 0.314. The summed E-state index contributed by atoms with van der Waals surface area (Å²) in [5.41, 5.74) is 5.84. The molecule has 0 spiro atoms. The molecule has 2 rings (SSSR count). The highest BCUT2D eigenvalue weighted by atomic mass is 15.2. The van der Waals surface area contributed by atoms with E-state index in [0.29, 0.717) is 17.9 Å². The van der Waals surface area contributed by atoms with Crippen LogP contribution in [0.5, 0.6) is 0 Å². The standard InChI is InChI=1S/C19H32N2/c1-4-5-15-6-8-17(9-7-15)19(21-20)18-12-10-16(11-13-18)14(2)3/h10-15,17,19,21H,4-9,20H2,1-3H3. The third kappa shape index (κ3) is 4.31. The molecule has 1 aliphatic carbocycles. The Balaban J connectivity index is 1.99. The Bertz CT molecular complexity index is 402. The van der Waals surface area contributed by atoms with Crippen molar-refractivity contribution in [2.45, 2.75) is 71.3 Å². The molecule has 2 nitrogen and oxygen atoms in total. The number of rotatable bonds is 6. The lowest BCUT2D eigenvalue weighted by molar-refractivity contribution is 0.215. The number of hydrogen-bond acceptors (Lipinski definition) is 2. The highest BCUT2D eigenvalue weighted by Gasteiger charge is 2.27. The van der Waals surface area contributed by atoms with Crippen molar-refractivity contribution in [3.8, 4) is 0 Å². The van der Waals surface area contributed by atoms with Crippen LogP contribution in [-0.4, -0.2) is 0 Å². The Hall–Kier alpha value is -0.860. The molecule has 3 N–H and O–H groups in total. The van der Waals surface area contributed by atoms with Gasteiger partial charge in [-0.1, -0.05) is 70.7 Å². The molecular weight excluding hydrogens is 256 g/mol. The largest absolute Gasteiger partial charge is 0.271 e. The van der Waals surface area contributed by atoms with Crippen molar-refractivity contribution >= 4 is 0 Å². The van der Waals surface area contributed by atoms with E-state index in [-0.39, 0.29) is 0 Å². The fourth-order valence-corrected chi connectivity index (χ4v) is 3.81. The Labute approximate surface area is 130 Å². The molecule has 0 aromatic heterocycles. The van der Waals surface area contributed by atoms with Crippen molar-refractivity contribution in [3.05, 3.63) is 35.4 Å². The van der Waals surface area contributed by atoms with E-state index in [1.54, 1.807) is 0 Å². The maximum Gasteiger partial charge on any atom is 0.0488 e. The predicted molar refractivity (Wildman–Crippen MR) is 91.0 cm³/mol. The Morgan fingerprint density at radius 1 is 1.05 bits per heavy atom. The first-order valence-electron chi connectivity index (χ1n) is 8.71. The number of hydrogen-bond donors (Lipinski definition) is 2. The number of nitrogens with two attached hydrogens (primary N) is 1. The minimum Gasteiger partial charge on any atom is -0.271 e. The fraction of sp³-hybridized carbons (Fsp3) is 0.684. The van der Waals surface area contributed by atoms with E-state index in [0.717, 1.165) is 5.92 Å². The molecule has 1 unspecified atom stereocenters. The molecule has 0 radical (unpaired) electrons. The summed E-state index contributed by atoms with van der Waals surface area (Å²) in [5, 5.41) is 0. The van der Waals surface area contributed by atoms with Crippen LogP contribution < -0.4 is 11.3 Å². The highest BCUT2D eigenvalue weighted by molar-refractivity contribution is 5.27. The quantitative estimate of drug-likeness (QED) is 0.576. The molecule has 1 saturated carbocycles. The molecule has 0 heterocycles. The summed E-state index contributed by atoms with van der Waals surface area (Å²) in [6.45, 7) is 6.78. The van der Waals surface area contributed by atoms with Gasteiger partial charge in [0.15, 0.2) is 0 Å². The smallest absolute Gasteiger partial charge is 0.0488 e. The van der Waals surface area contributed by atoms with Crippen LogP contribution in [0.3, 0.4) is 0 Å². The van der Waals surface area contributed by atoms with E-state index in [9.17, 15) is 0 Å². The average Bonchev–Trinajstić information content (AvgIpc) is 2.50. The second-order valence-corrected chi connectivity index (χ2v) is 7.04. The van der Waals surface area contributed by atoms with Gasteiger partial charge in [0.2, 0.25) is 0 Å². The van der Waals surface area contributed by atoms with E-state index in [1.807, 2.05) is 0 Å². The van der Waals surface area contributed by atoms with Crippen molar-refractivity contribution in [3.63, 3.8) is 0 Å². The lowest BCUT2D eigenvalue weighted by Crippen LogP contribution is -2.35. The van der Waals surface area contributed by atoms with E-state index in [2.05, 4.69) is 50.5 Å². The number of nitrogens with one attached hydrogen (secondary N) is 1. The third-order valence-corrected chi connectivity index (χ3v) is 5.20. The highest BCUT2D eigenvalue weighted by Crippen LogP contribution is 2.38. The zero-order valence-corrected chi connectivity index (χ0v) is 13.9. The number of benzene rings is 1. The van der Waals surface area contributed by atoms with Gasteiger partial charge in [-0.15, -0.1) is 0 Å². The Morgan fingerprint density at radius 3 is 2.10 bits per heavy atom. The molecule has 118 valence electrons. The average molecular weight is 288 g/mol. The van der Waals surface area contributed by atoms with Crippen molar-refractivity contribution in [2.24, 2.45) is 17.7 Å². The van der Waals surface area contributed by atoms with Gasteiger partial charge in [0.1, 0.15) is 0 Å². The van der Waals surface area contributed by atoms with Gasteiger partial charge in [-0.2, -0.15) is 0 Å². The molecule has 0 saturated heterocycles. The second-order valence-electron chi connectivity index (χ2n) is 7.04. The van der Waals surface area contributed by atoms with Crippen LogP contribution in [0.2, 0.25) is 0 Å². The summed E-state index contributed by atoms with van der Waals surface area (Å²) >= 11 is 0. The van der Waals surface area contributed by atoms with Crippen molar-refractivity contribution in [2.75, 3.05) is 0 Å². The molecule has 1 fully saturated rings. The third-order valence-electron chi connectivity index (χ3n) is 5.20. The zero-order valence-electron chi connectivity index (χ0n) is 13.9. The van der Waals surface area contributed by atoms with E-state index in [1.165, 1.54) is 49.7 Å². The van der Waals surface area contributed by atoms with Crippen LogP contribution in [0.4, 0.5) is 0 Å². The molecule has 0 aliphatic heterocycles. The van der Waals surface area contributed by atoms with Gasteiger partial charge >= 0.3 is 0 Å². The summed E-state index contributed by atoms with van der Waals surface area (Å²) in [6, 6.07) is 9.35. The van der Waals surface area contributed by atoms with Crippen molar-refractivity contribution < 1.29 is 0 Å². The van der Waals surface area contributed by atoms with Crippen molar-refractivity contribution in [1.29, 1.82) is 0 Å². The molecule has 1 aromatic rings. The van der Waals surface area contributed by atoms with E-state index < -0.39 is 0 Å². The lowest BCUT2D eigenvalue weighted by atomic mass is 9.75. The summed E-state index contributed by atoms with van der Waals surface area (Å²) in [4.78, 5) is 0. The predicted octanol–water partition coefficient (Wildman–Crippen LogP) is 4.92. The van der Waals surface area contributed by atoms with Gasteiger partial charge in [-0.05, 0) is 41.7 Å². The maximum atomic E-state index is 5.88. The monoisotopic (exact) mass is 288 g/mol.